The number of nitrogens with zero attached hydrogens (tertiary/aromatic N) is 6. The molecule has 1 amide bonds. The highest BCUT2D eigenvalue weighted by molar-refractivity contribution is 5.92. The van der Waals surface area contributed by atoms with E-state index in [0.717, 1.165) is 43.1 Å². The summed E-state index contributed by atoms with van der Waals surface area (Å²) in [5.41, 5.74) is 2.16. The summed E-state index contributed by atoms with van der Waals surface area (Å²) >= 11 is 0. The van der Waals surface area contributed by atoms with Crippen LogP contribution in [0.1, 0.15) is 47.5 Å². The molecule has 3 rings (SSSR count). The van der Waals surface area contributed by atoms with Crippen molar-refractivity contribution in [1.82, 2.24) is 29.3 Å². The van der Waals surface area contributed by atoms with E-state index in [1.165, 1.54) is 0 Å². The van der Waals surface area contributed by atoms with Gasteiger partial charge in [-0.25, -0.2) is 15.0 Å². The number of hydrogen-bond acceptors (Lipinski definition) is 5. The highest BCUT2D eigenvalue weighted by atomic mass is 16.2. The second-order valence-corrected chi connectivity index (χ2v) is 7.21. The van der Waals surface area contributed by atoms with Gasteiger partial charge in [0, 0.05) is 39.6 Å². The van der Waals surface area contributed by atoms with Crippen LogP contribution in [-0.4, -0.2) is 55.9 Å². The monoisotopic (exact) mass is 342 g/mol. The first-order chi connectivity index (χ1) is 11.8. The summed E-state index contributed by atoms with van der Waals surface area (Å²) in [7, 11) is 5.49. The standard InChI is InChI=1S/C18H26N6O/c1-13-9-15(16(25)22(3)4)21-17(20-13)18(2)7-6-8-24(18)11-14-10-19-12-23(14)5/h9-10,12H,6-8,11H2,1-5H3/t18-/m0/s1. The van der Waals surface area contributed by atoms with E-state index in [1.54, 1.807) is 25.1 Å². The fourth-order valence-electron chi connectivity index (χ4n) is 3.41. The number of carbonyl (C=O) groups excluding carboxylic acids is 1. The van der Waals surface area contributed by atoms with Crippen LogP contribution in [0.5, 0.6) is 0 Å². The summed E-state index contributed by atoms with van der Waals surface area (Å²) in [5, 5.41) is 0. The Bertz CT molecular complexity index is 784. The molecule has 0 bridgehead atoms. The third-order valence-corrected chi connectivity index (χ3v) is 5.02. The smallest absolute Gasteiger partial charge is 0.272 e. The quantitative estimate of drug-likeness (QED) is 0.846. The molecular weight excluding hydrogens is 316 g/mol. The molecule has 2 aromatic heterocycles. The van der Waals surface area contributed by atoms with Crippen LogP contribution in [0.25, 0.3) is 0 Å². The molecule has 7 nitrogen and oxygen atoms in total. The molecule has 0 N–H and O–H groups in total. The maximum Gasteiger partial charge on any atom is 0.272 e. The van der Waals surface area contributed by atoms with E-state index >= 15 is 0 Å². The number of amides is 1. The SMILES string of the molecule is Cc1cc(C(=O)N(C)C)nc([C@]2(C)CCCN2Cc2cncn2C)n1. The molecule has 7 heteroatoms. The molecule has 0 aliphatic carbocycles. The van der Waals surface area contributed by atoms with Crippen molar-refractivity contribution in [3.05, 3.63) is 41.5 Å². The van der Waals surface area contributed by atoms with Gasteiger partial charge in [-0.2, -0.15) is 0 Å². The van der Waals surface area contributed by atoms with Crippen LogP contribution in [-0.2, 0) is 19.1 Å². The molecule has 1 aliphatic heterocycles. The van der Waals surface area contributed by atoms with Gasteiger partial charge < -0.3 is 9.47 Å². The number of likely N-dealkylation sites (tertiary alicyclic amines) is 1. The predicted molar refractivity (Wildman–Crippen MR) is 95.0 cm³/mol. The summed E-state index contributed by atoms with van der Waals surface area (Å²) in [6.45, 7) is 5.87. The summed E-state index contributed by atoms with van der Waals surface area (Å²) in [4.78, 5) is 29.8. The summed E-state index contributed by atoms with van der Waals surface area (Å²) in [5.74, 6) is 0.642. The van der Waals surface area contributed by atoms with Crippen LogP contribution in [0.4, 0.5) is 0 Å². The Labute approximate surface area is 148 Å². The Morgan fingerprint density at radius 1 is 1.36 bits per heavy atom. The van der Waals surface area contributed by atoms with Crippen molar-refractivity contribution in [1.29, 1.82) is 0 Å². The van der Waals surface area contributed by atoms with E-state index < -0.39 is 0 Å². The Balaban J connectivity index is 1.95. The molecule has 0 spiro atoms. The summed E-state index contributed by atoms with van der Waals surface area (Å²) in [6.07, 6.45) is 5.78. The van der Waals surface area contributed by atoms with Crippen molar-refractivity contribution < 1.29 is 4.79 Å². The van der Waals surface area contributed by atoms with Crippen LogP contribution < -0.4 is 0 Å². The molecule has 3 heterocycles. The van der Waals surface area contributed by atoms with Crippen LogP contribution in [0.2, 0.25) is 0 Å². The van der Waals surface area contributed by atoms with Gasteiger partial charge in [0.15, 0.2) is 0 Å². The first-order valence-electron chi connectivity index (χ1n) is 8.59. The summed E-state index contributed by atoms with van der Waals surface area (Å²) < 4.78 is 2.04. The van der Waals surface area contributed by atoms with Crippen molar-refractivity contribution in [2.24, 2.45) is 7.05 Å². The maximum atomic E-state index is 12.4. The lowest BCUT2D eigenvalue weighted by Gasteiger charge is -2.34. The zero-order valence-electron chi connectivity index (χ0n) is 15.7. The van der Waals surface area contributed by atoms with Gasteiger partial charge >= 0.3 is 0 Å². The molecule has 0 aromatic carbocycles. The fraction of sp³-hybridized carbons (Fsp3) is 0.556. The second kappa shape index (κ2) is 6.55. The van der Waals surface area contributed by atoms with Gasteiger partial charge in [0.05, 0.1) is 17.6 Å². The second-order valence-electron chi connectivity index (χ2n) is 7.21. The minimum atomic E-state index is -0.280. The van der Waals surface area contributed by atoms with Crippen LogP contribution in [0.3, 0.4) is 0 Å². The molecular formula is C18H26N6O. The van der Waals surface area contributed by atoms with E-state index in [1.807, 2.05) is 31.1 Å². The molecule has 1 saturated heterocycles. The maximum absolute atomic E-state index is 12.4. The number of aromatic nitrogens is 4. The predicted octanol–water partition coefficient (Wildman–Crippen LogP) is 1.73. The number of carbonyl (C=O) groups is 1. The van der Waals surface area contributed by atoms with E-state index in [9.17, 15) is 4.79 Å². The van der Waals surface area contributed by atoms with Crippen molar-refractivity contribution in [2.45, 2.75) is 38.8 Å². The minimum absolute atomic E-state index is 0.0912. The highest BCUT2D eigenvalue weighted by Crippen LogP contribution is 2.37. The molecule has 0 saturated carbocycles. The van der Waals surface area contributed by atoms with Gasteiger partial charge in [-0.05, 0) is 39.3 Å². The number of hydrogen-bond donors (Lipinski definition) is 0. The first kappa shape index (κ1) is 17.5. The van der Waals surface area contributed by atoms with Gasteiger partial charge in [-0.15, -0.1) is 0 Å². The molecule has 1 atom stereocenters. The van der Waals surface area contributed by atoms with Crippen LogP contribution >= 0.6 is 0 Å². The Morgan fingerprint density at radius 3 is 2.76 bits per heavy atom. The van der Waals surface area contributed by atoms with Crippen molar-refractivity contribution in [3.63, 3.8) is 0 Å². The molecule has 0 radical (unpaired) electrons. The lowest BCUT2D eigenvalue weighted by molar-refractivity contribution is 0.0818. The Kier molecular flexibility index (Phi) is 4.60. The number of rotatable bonds is 4. The van der Waals surface area contributed by atoms with Crippen molar-refractivity contribution in [3.8, 4) is 0 Å². The normalized spacial score (nSPS) is 20.8. The molecule has 0 unspecified atom stereocenters. The van der Waals surface area contributed by atoms with E-state index in [0.29, 0.717) is 5.69 Å². The number of imidazole rings is 1. The largest absolute Gasteiger partial charge is 0.343 e. The van der Waals surface area contributed by atoms with Gasteiger partial charge in [-0.3, -0.25) is 9.69 Å². The zero-order chi connectivity index (χ0) is 18.2. The van der Waals surface area contributed by atoms with E-state index in [-0.39, 0.29) is 11.4 Å². The fourth-order valence-corrected chi connectivity index (χ4v) is 3.41. The lowest BCUT2D eigenvalue weighted by atomic mass is 9.97. The van der Waals surface area contributed by atoms with Gasteiger partial charge in [0.25, 0.3) is 5.91 Å². The van der Waals surface area contributed by atoms with Gasteiger partial charge in [-0.1, -0.05) is 0 Å². The average Bonchev–Trinajstić information content (AvgIpc) is 3.14. The van der Waals surface area contributed by atoms with Crippen molar-refractivity contribution in [2.75, 3.05) is 20.6 Å². The van der Waals surface area contributed by atoms with Crippen LogP contribution in [0, 0.1) is 6.92 Å². The average molecular weight is 342 g/mol. The Hall–Kier alpha value is -2.28. The molecule has 1 fully saturated rings. The third kappa shape index (κ3) is 3.28. The van der Waals surface area contributed by atoms with E-state index in [4.69, 9.17) is 0 Å². The highest BCUT2D eigenvalue weighted by Gasteiger charge is 2.41. The van der Waals surface area contributed by atoms with Crippen LogP contribution in [0.15, 0.2) is 18.6 Å². The lowest BCUT2D eigenvalue weighted by Crippen LogP contribution is -2.40. The molecule has 134 valence electrons. The number of aryl methyl sites for hydroxylation is 2. The first-order valence-corrected chi connectivity index (χ1v) is 8.59. The zero-order valence-corrected chi connectivity index (χ0v) is 15.7. The van der Waals surface area contributed by atoms with Gasteiger partial charge in [0.2, 0.25) is 0 Å². The van der Waals surface area contributed by atoms with Crippen molar-refractivity contribution >= 4 is 5.91 Å². The Morgan fingerprint density at radius 2 is 2.12 bits per heavy atom. The van der Waals surface area contributed by atoms with E-state index in [2.05, 4.69) is 26.8 Å². The summed E-state index contributed by atoms with van der Waals surface area (Å²) in [6, 6.07) is 1.76. The topological polar surface area (TPSA) is 67.2 Å². The van der Waals surface area contributed by atoms with Gasteiger partial charge in [0.1, 0.15) is 11.5 Å². The third-order valence-electron chi connectivity index (χ3n) is 5.02. The molecule has 1 aliphatic rings. The molecule has 25 heavy (non-hydrogen) atoms. The molecule has 2 aromatic rings. The minimum Gasteiger partial charge on any atom is -0.343 e.